The molecule has 0 aliphatic rings. The van der Waals surface area contributed by atoms with E-state index in [2.05, 4.69) is 4.74 Å². The fraction of sp³-hybridized carbons (Fsp3) is 0.417. The summed E-state index contributed by atoms with van der Waals surface area (Å²) in [6, 6.07) is 5.56. The van der Waals surface area contributed by atoms with Crippen LogP contribution < -0.4 is 0 Å². The van der Waals surface area contributed by atoms with Crippen molar-refractivity contribution in [1.29, 1.82) is 0 Å². The van der Waals surface area contributed by atoms with Gasteiger partial charge in [-0.2, -0.15) is 11.8 Å². The number of carbonyl (C=O) groups is 1. The van der Waals surface area contributed by atoms with Crippen LogP contribution in [0.5, 0.6) is 0 Å². The smallest absolute Gasteiger partial charge is 0.309 e. The summed E-state index contributed by atoms with van der Waals surface area (Å²) >= 11 is 13.6. The normalized spacial score (nSPS) is 12.2. The molecule has 1 aromatic rings. The highest BCUT2D eigenvalue weighted by molar-refractivity contribution is 7.98. The van der Waals surface area contributed by atoms with Gasteiger partial charge in [0.05, 0.1) is 23.1 Å². The zero-order chi connectivity index (χ0) is 12.8. The van der Waals surface area contributed by atoms with Crippen molar-refractivity contribution in [3.8, 4) is 0 Å². The first-order chi connectivity index (χ1) is 8.06. The van der Waals surface area contributed by atoms with Gasteiger partial charge in [-0.25, -0.2) is 0 Å². The number of halogens is 2. The number of thioether (sulfide) groups is 1. The molecule has 0 N–H and O–H groups in total. The van der Waals surface area contributed by atoms with E-state index in [1.165, 1.54) is 7.11 Å². The first-order valence-corrected chi connectivity index (χ1v) is 7.05. The number of hydrogen-bond donors (Lipinski definition) is 0. The minimum Gasteiger partial charge on any atom is -0.469 e. The molecular formula is C12H14Cl2O2S. The Kier molecular flexibility index (Phi) is 6.17. The Balaban J connectivity index is 2.46. The van der Waals surface area contributed by atoms with Crippen molar-refractivity contribution < 1.29 is 9.53 Å². The van der Waals surface area contributed by atoms with Crippen LogP contribution in [0, 0.1) is 5.92 Å². The van der Waals surface area contributed by atoms with Gasteiger partial charge < -0.3 is 4.74 Å². The molecule has 17 heavy (non-hydrogen) atoms. The average molecular weight is 293 g/mol. The van der Waals surface area contributed by atoms with Crippen molar-refractivity contribution in [2.75, 3.05) is 12.9 Å². The third-order valence-electron chi connectivity index (χ3n) is 2.26. The SMILES string of the molecule is COC(=O)C(C)CSCc1cccc(Cl)c1Cl. The van der Waals surface area contributed by atoms with Gasteiger partial charge in [0.25, 0.3) is 0 Å². The summed E-state index contributed by atoms with van der Waals surface area (Å²) < 4.78 is 4.66. The van der Waals surface area contributed by atoms with Crippen LogP contribution in [0.3, 0.4) is 0 Å². The van der Waals surface area contributed by atoms with Gasteiger partial charge in [-0.15, -0.1) is 0 Å². The van der Waals surface area contributed by atoms with Crippen molar-refractivity contribution >= 4 is 40.9 Å². The van der Waals surface area contributed by atoms with Gasteiger partial charge in [-0.1, -0.05) is 42.3 Å². The molecule has 0 aliphatic heterocycles. The number of methoxy groups -OCH3 is 1. The largest absolute Gasteiger partial charge is 0.469 e. The maximum Gasteiger partial charge on any atom is 0.309 e. The lowest BCUT2D eigenvalue weighted by Crippen LogP contribution is -2.14. The molecule has 0 aliphatic carbocycles. The maximum absolute atomic E-state index is 11.2. The van der Waals surface area contributed by atoms with Crippen LogP contribution in [-0.4, -0.2) is 18.8 Å². The van der Waals surface area contributed by atoms with Crippen LogP contribution in [0.4, 0.5) is 0 Å². The Hall–Kier alpha value is -0.380. The summed E-state index contributed by atoms with van der Waals surface area (Å²) in [5, 5.41) is 1.15. The van der Waals surface area contributed by atoms with E-state index < -0.39 is 0 Å². The van der Waals surface area contributed by atoms with Crippen LogP contribution in [-0.2, 0) is 15.3 Å². The highest BCUT2D eigenvalue weighted by Gasteiger charge is 2.13. The molecule has 1 rings (SSSR count). The Labute approximate surface area is 116 Å². The quantitative estimate of drug-likeness (QED) is 0.767. The van der Waals surface area contributed by atoms with E-state index in [-0.39, 0.29) is 11.9 Å². The van der Waals surface area contributed by atoms with Crippen LogP contribution >= 0.6 is 35.0 Å². The molecule has 0 heterocycles. The van der Waals surface area contributed by atoms with Gasteiger partial charge in [0.15, 0.2) is 0 Å². The van der Waals surface area contributed by atoms with Crippen LogP contribution in [0.15, 0.2) is 18.2 Å². The first kappa shape index (κ1) is 14.7. The number of esters is 1. The van der Waals surface area contributed by atoms with E-state index in [0.717, 1.165) is 11.3 Å². The second-order valence-corrected chi connectivity index (χ2v) is 5.47. The predicted octanol–water partition coefficient (Wildman–Crippen LogP) is 4.04. The lowest BCUT2D eigenvalue weighted by Gasteiger charge is -2.09. The third kappa shape index (κ3) is 4.41. The monoisotopic (exact) mass is 292 g/mol. The fourth-order valence-corrected chi connectivity index (χ4v) is 2.81. The highest BCUT2D eigenvalue weighted by atomic mass is 35.5. The minimum absolute atomic E-state index is 0.108. The number of carbonyl (C=O) groups excluding carboxylic acids is 1. The van der Waals surface area contributed by atoms with Gasteiger partial charge in [0.1, 0.15) is 0 Å². The van der Waals surface area contributed by atoms with E-state index in [1.54, 1.807) is 17.8 Å². The van der Waals surface area contributed by atoms with Gasteiger partial charge in [0, 0.05) is 11.5 Å². The van der Waals surface area contributed by atoms with Crippen molar-refractivity contribution in [3.05, 3.63) is 33.8 Å². The standard InChI is InChI=1S/C12H14Cl2O2S/c1-8(12(15)16-2)6-17-7-9-4-3-5-10(13)11(9)14/h3-5,8H,6-7H2,1-2H3. The Bertz CT molecular complexity index is 396. The summed E-state index contributed by atoms with van der Waals surface area (Å²) in [7, 11) is 1.40. The Morgan fingerprint density at radius 1 is 1.47 bits per heavy atom. The number of hydrogen-bond acceptors (Lipinski definition) is 3. The van der Waals surface area contributed by atoms with E-state index in [9.17, 15) is 4.79 Å². The zero-order valence-corrected chi connectivity index (χ0v) is 12.0. The Morgan fingerprint density at radius 2 is 2.18 bits per heavy atom. The van der Waals surface area contributed by atoms with Crippen LogP contribution in [0.2, 0.25) is 10.0 Å². The molecule has 0 saturated heterocycles. The molecule has 0 amide bonds. The average Bonchev–Trinajstić information content (AvgIpc) is 2.33. The summed E-state index contributed by atoms with van der Waals surface area (Å²) in [6.07, 6.45) is 0. The highest BCUT2D eigenvalue weighted by Crippen LogP contribution is 2.28. The van der Waals surface area contributed by atoms with E-state index in [4.69, 9.17) is 23.2 Å². The Morgan fingerprint density at radius 3 is 2.82 bits per heavy atom. The molecule has 0 bridgehead atoms. The number of ether oxygens (including phenoxy) is 1. The minimum atomic E-state index is -0.185. The maximum atomic E-state index is 11.2. The van der Waals surface area contributed by atoms with E-state index >= 15 is 0 Å². The van der Waals surface area contributed by atoms with Gasteiger partial charge in [0.2, 0.25) is 0 Å². The molecular weight excluding hydrogens is 279 g/mol. The molecule has 0 fully saturated rings. The summed E-state index contributed by atoms with van der Waals surface area (Å²) in [6.45, 7) is 1.85. The predicted molar refractivity (Wildman–Crippen MR) is 73.8 cm³/mol. The number of rotatable bonds is 5. The topological polar surface area (TPSA) is 26.3 Å². The lowest BCUT2D eigenvalue weighted by molar-refractivity contribution is -0.143. The summed E-state index contributed by atoms with van der Waals surface area (Å²) in [5.74, 6) is 1.15. The molecule has 0 spiro atoms. The molecule has 5 heteroatoms. The van der Waals surface area contributed by atoms with Gasteiger partial charge >= 0.3 is 5.97 Å². The van der Waals surface area contributed by atoms with Crippen molar-refractivity contribution in [2.45, 2.75) is 12.7 Å². The fourth-order valence-electron chi connectivity index (χ4n) is 1.27. The third-order valence-corrected chi connectivity index (χ3v) is 4.37. The molecule has 0 radical (unpaired) electrons. The first-order valence-electron chi connectivity index (χ1n) is 5.14. The molecule has 2 nitrogen and oxygen atoms in total. The molecule has 0 saturated carbocycles. The summed E-state index contributed by atoms with van der Waals surface area (Å²) in [5.41, 5.74) is 0.987. The van der Waals surface area contributed by atoms with Crippen molar-refractivity contribution in [2.24, 2.45) is 5.92 Å². The van der Waals surface area contributed by atoms with Crippen molar-refractivity contribution in [1.82, 2.24) is 0 Å². The summed E-state index contributed by atoms with van der Waals surface area (Å²) in [4.78, 5) is 11.2. The molecule has 1 unspecified atom stereocenters. The van der Waals surface area contributed by atoms with Crippen LogP contribution in [0.25, 0.3) is 0 Å². The molecule has 0 aromatic heterocycles. The van der Waals surface area contributed by atoms with E-state index in [0.29, 0.717) is 15.8 Å². The van der Waals surface area contributed by atoms with Gasteiger partial charge in [-0.05, 0) is 11.6 Å². The molecule has 1 aromatic carbocycles. The molecule has 1 atom stereocenters. The van der Waals surface area contributed by atoms with Gasteiger partial charge in [-0.3, -0.25) is 4.79 Å². The second-order valence-electron chi connectivity index (χ2n) is 3.65. The molecule has 94 valence electrons. The second kappa shape index (κ2) is 7.14. The van der Waals surface area contributed by atoms with Crippen LogP contribution in [0.1, 0.15) is 12.5 Å². The lowest BCUT2D eigenvalue weighted by atomic mass is 10.2. The zero-order valence-electron chi connectivity index (χ0n) is 9.70. The van der Waals surface area contributed by atoms with Crippen molar-refractivity contribution in [3.63, 3.8) is 0 Å². The van der Waals surface area contributed by atoms with E-state index in [1.807, 2.05) is 19.1 Å². The number of benzene rings is 1.